The van der Waals surface area contributed by atoms with Crippen LogP contribution in [0.25, 0.3) is 0 Å². The number of nitrogens with two attached hydrogens (primary N) is 1. The van der Waals surface area contributed by atoms with E-state index in [4.69, 9.17) is 10.5 Å². The molecule has 1 aromatic rings. The van der Waals surface area contributed by atoms with E-state index in [2.05, 4.69) is 5.32 Å². The Labute approximate surface area is 125 Å². The summed E-state index contributed by atoms with van der Waals surface area (Å²) in [5, 5.41) is 2.68. The summed E-state index contributed by atoms with van der Waals surface area (Å²) in [5.74, 6) is -0.626. The first-order valence-corrected chi connectivity index (χ1v) is 7.07. The predicted molar refractivity (Wildman–Crippen MR) is 81.3 cm³/mol. The van der Waals surface area contributed by atoms with Crippen molar-refractivity contribution in [1.29, 1.82) is 0 Å². The summed E-state index contributed by atoms with van der Waals surface area (Å²) in [5.41, 5.74) is 6.39. The first-order chi connectivity index (χ1) is 9.76. The molecule has 1 unspecified atom stereocenters. The Morgan fingerprint density at radius 2 is 1.81 bits per heavy atom. The number of esters is 1. The van der Waals surface area contributed by atoms with Crippen LogP contribution in [-0.2, 0) is 20.7 Å². The van der Waals surface area contributed by atoms with Gasteiger partial charge >= 0.3 is 5.97 Å². The van der Waals surface area contributed by atoms with E-state index >= 15 is 0 Å². The van der Waals surface area contributed by atoms with Gasteiger partial charge in [-0.2, -0.15) is 0 Å². The number of amides is 1. The van der Waals surface area contributed by atoms with Gasteiger partial charge in [0, 0.05) is 12.8 Å². The van der Waals surface area contributed by atoms with E-state index in [1.807, 2.05) is 30.3 Å². The van der Waals surface area contributed by atoms with Crippen molar-refractivity contribution in [3.05, 3.63) is 35.9 Å². The summed E-state index contributed by atoms with van der Waals surface area (Å²) in [6.07, 6.45) is 0.232. The minimum Gasteiger partial charge on any atom is -0.460 e. The van der Waals surface area contributed by atoms with Crippen LogP contribution in [0.5, 0.6) is 0 Å². The molecule has 3 N–H and O–H groups in total. The summed E-state index contributed by atoms with van der Waals surface area (Å²) in [6, 6.07) is 9.67. The minimum absolute atomic E-state index is 0.0567. The van der Waals surface area contributed by atoms with Gasteiger partial charge in [-0.3, -0.25) is 9.59 Å². The Balaban J connectivity index is 2.29. The van der Waals surface area contributed by atoms with E-state index in [0.29, 0.717) is 6.42 Å². The Hall–Kier alpha value is -1.88. The molecule has 0 aliphatic heterocycles. The lowest BCUT2D eigenvalue weighted by atomic mass is 10.1. The van der Waals surface area contributed by atoms with Gasteiger partial charge < -0.3 is 15.8 Å². The van der Waals surface area contributed by atoms with Crippen molar-refractivity contribution in [2.24, 2.45) is 5.73 Å². The Kier molecular flexibility index (Phi) is 6.37. The second kappa shape index (κ2) is 7.78. The molecular weight excluding hydrogens is 268 g/mol. The SMILES string of the molecule is CC(C)(C)OC(=O)CCC(=O)NC(N)Cc1ccccc1. The zero-order valence-electron chi connectivity index (χ0n) is 12.9. The van der Waals surface area contributed by atoms with E-state index in [9.17, 15) is 9.59 Å². The predicted octanol–water partition coefficient (Wildman–Crippen LogP) is 1.75. The first-order valence-electron chi connectivity index (χ1n) is 7.07. The highest BCUT2D eigenvalue weighted by molar-refractivity contribution is 5.81. The lowest BCUT2D eigenvalue weighted by Crippen LogP contribution is -2.43. The molecule has 5 nitrogen and oxygen atoms in total. The normalized spacial score (nSPS) is 12.6. The molecule has 0 aliphatic rings. The molecule has 0 aromatic heterocycles. The van der Waals surface area contributed by atoms with E-state index in [0.717, 1.165) is 5.56 Å². The zero-order chi connectivity index (χ0) is 15.9. The van der Waals surface area contributed by atoms with Crippen LogP contribution >= 0.6 is 0 Å². The molecule has 0 saturated heterocycles. The Bertz CT molecular complexity index is 466. The van der Waals surface area contributed by atoms with Crippen LogP contribution in [0.3, 0.4) is 0 Å². The minimum atomic E-state index is -0.530. The van der Waals surface area contributed by atoms with Crippen LogP contribution in [0.4, 0.5) is 0 Å². The molecule has 1 rings (SSSR count). The Morgan fingerprint density at radius 3 is 2.38 bits per heavy atom. The fourth-order valence-electron chi connectivity index (χ4n) is 1.81. The maximum absolute atomic E-state index is 11.7. The molecule has 116 valence electrons. The van der Waals surface area contributed by atoms with Crippen LogP contribution in [0.2, 0.25) is 0 Å². The van der Waals surface area contributed by atoms with Crippen LogP contribution < -0.4 is 11.1 Å². The third-order valence-corrected chi connectivity index (χ3v) is 2.62. The largest absolute Gasteiger partial charge is 0.460 e. The standard InChI is InChI=1S/C16H24N2O3/c1-16(2,3)21-15(20)10-9-14(19)18-13(17)11-12-7-5-4-6-8-12/h4-8,13H,9-11,17H2,1-3H3,(H,18,19). The number of carbonyl (C=O) groups excluding carboxylic acids is 2. The van der Waals surface area contributed by atoms with Gasteiger partial charge in [-0.05, 0) is 26.3 Å². The zero-order valence-corrected chi connectivity index (χ0v) is 12.9. The van der Waals surface area contributed by atoms with Crippen LogP contribution in [0.15, 0.2) is 30.3 Å². The summed E-state index contributed by atoms with van der Waals surface area (Å²) in [7, 11) is 0. The van der Waals surface area contributed by atoms with Gasteiger partial charge in [0.25, 0.3) is 0 Å². The molecule has 21 heavy (non-hydrogen) atoms. The van der Waals surface area contributed by atoms with Crippen LogP contribution in [0.1, 0.15) is 39.2 Å². The third-order valence-electron chi connectivity index (χ3n) is 2.62. The Morgan fingerprint density at radius 1 is 1.19 bits per heavy atom. The lowest BCUT2D eigenvalue weighted by Gasteiger charge is -2.19. The van der Waals surface area contributed by atoms with Gasteiger partial charge in [-0.25, -0.2) is 0 Å². The van der Waals surface area contributed by atoms with Gasteiger partial charge in [0.05, 0.1) is 12.6 Å². The average Bonchev–Trinajstić information content (AvgIpc) is 2.35. The molecule has 0 spiro atoms. The first kappa shape index (κ1) is 17.2. The van der Waals surface area contributed by atoms with Crippen molar-refractivity contribution in [3.8, 4) is 0 Å². The van der Waals surface area contributed by atoms with Crippen molar-refractivity contribution in [3.63, 3.8) is 0 Å². The van der Waals surface area contributed by atoms with Crippen molar-refractivity contribution in [1.82, 2.24) is 5.32 Å². The molecule has 0 saturated carbocycles. The monoisotopic (exact) mass is 292 g/mol. The van der Waals surface area contributed by atoms with Crippen LogP contribution in [0, 0.1) is 0 Å². The average molecular weight is 292 g/mol. The van der Waals surface area contributed by atoms with E-state index in [-0.39, 0.29) is 24.7 Å². The number of carbonyl (C=O) groups is 2. The number of rotatable bonds is 6. The molecule has 0 heterocycles. The van der Waals surface area contributed by atoms with Gasteiger partial charge in [0.2, 0.25) is 5.91 Å². The van der Waals surface area contributed by atoms with Crippen molar-refractivity contribution < 1.29 is 14.3 Å². The maximum Gasteiger partial charge on any atom is 0.306 e. The quantitative estimate of drug-likeness (QED) is 0.618. The molecule has 0 aliphatic carbocycles. The second-order valence-electron chi connectivity index (χ2n) is 5.95. The van der Waals surface area contributed by atoms with Crippen molar-refractivity contribution >= 4 is 11.9 Å². The fourth-order valence-corrected chi connectivity index (χ4v) is 1.81. The lowest BCUT2D eigenvalue weighted by molar-refractivity contribution is -0.155. The van der Waals surface area contributed by atoms with Gasteiger partial charge in [0.1, 0.15) is 5.60 Å². The van der Waals surface area contributed by atoms with Gasteiger partial charge in [-0.15, -0.1) is 0 Å². The number of hydrogen-bond donors (Lipinski definition) is 2. The molecule has 0 fully saturated rings. The summed E-state index contributed by atoms with van der Waals surface area (Å²) in [6.45, 7) is 5.38. The van der Waals surface area contributed by atoms with Crippen LogP contribution in [-0.4, -0.2) is 23.6 Å². The number of benzene rings is 1. The highest BCUT2D eigenvalue weighted by atomic mass is 16.6. The van der Waals surface area contributed by atoms with E-state index in [1.165, 1.54) is 0 Å². The van der Waals surface area contributed by atoms with Crippen molar-refractivity contribution in [2.75, 3.05) is 0 Å². The fraction of sp³-hybridized carbons (Fsp3) is 0.500. The van der Waals surface area contributed by atoms with Gasteiger partial charge in [-0.1, -0.05) is 30.3 Å². The topological polar surface area (TPSA) is 81.4 Å². The molecule has 0 radical (unpaired) electrons. The molecule has 1 aromatic carbocycles. The number of hydrogen-bond acceptors (Lipinski definition) is 4. The van der Waals surface area contributed by atoms with Gasteiger partial charge in [0.15, 0.2) is 0 Å². The number of ether oxygens (including phenoxy) is 1. The van der Waals surface area contributed by atoms with E-state index in [1.54, 1.807) is 20.8 Å². The second-order valence-corrected chi connectivity index (χ2v) is 5.95. The highest BCUT2D eigenvalue weighted by Gasteiger charge is 2.17. The molecule has 1 atom stereocenters. The molecule has 1 amide bonds. The molecule has 0 bridgehead atoms. The molecule has 5 heteroatoms. The highest BCUT2D eigenvalue weighted by Crippen LogP contribution is 2.09. The third kappa shape index (κ3) is 8.09. The number of nitrogens with one attached hydrogen (secondary N) is 1. The van der Waals surface area contributed by atoms with E-state index < -0.39 is 11.8 Å². The maximum atomic E-state index is 11.7. The summed E-state index contributed by atoms with van der Waals surface area (Å²) < 4.78 is 5.14. The summed E-state index contributed by atoms with van der Waals surface area (Å²) >= 11 is 0. The summed E-state index contributed by atoms with van der Waals surface area (Å²) in [4.78, 5) is 23.2. The van der Waals surface area contributed by atoms with Crippen molar-refractivity contribution in [2.45, 2.75) is 51.8 Å². The smallest absolute Gasteiger partial charge is 0.306 e. The molecular formula is C16H24N2O3.